The minimum absolute atomic E-state index is 0.0917. The van der Waals surface area contributed by atoms with Crippen molar-refractivity contribution in [2.45, 2.75) is 26.4 Å². The smallest absolute Gasteiger partial charge is 0.310 e. The average Bonchev–Trinajstić information content (AvgIpc) is 2.95. The molecule has 2 heterocycles. The predicted molar refractivity (Wildman–Crippen MR) is 104 cm³/mol. The molecule has 0 aliphatic carbocycles. The van der Waals surface area contributed by atoms with E-state index in [1.54, 1.807) is 22.9 Å². The Hall–Kier alpha value is -1.41. The zero-order valence-corrected chi connectivity index (χ0v) is 16.7. The van der Waals surface area contributed by atoms with Crippen molar-refractivity contribution in [1.29, 1.82) is 0 Å². The Balaban J connectivity index is 1.73. The van der Waals surface area contributed by atoms with Crippen molar-refractivity contribution < 1.29 is 9.53 Å². The van der Waals surface area contributed by atoms with Crippen LogP contribution in [0.1, 0.15) is 19.8 Å². The molecule has 1 aromatic carbocycles. The lowest BCUT2D eigenvalue weighted by Crippen LogP contribution is -2.40. The van der Waals surface area contributed by atoms with E-state index in [0.717, 1.165) is 24.9 Å². The van der Waals surface area contributed by atoms with Gasteiger partial charge in [0.15, 0.2) is 5.82 Å². The fourth-order valence-corrected chi connectivity index (χ4v) is 3.78. The number of carbonyl (C=O) groups is 1. The minimum Gasteiger partial charge on any atom is -0.466 e. The van der Waals surface area contributed by atoms with Gasteiger partial charge in [-0.15, -0.1) is 0 Å². The SMILES string of the molecule is CCOC(=O)[C@H]1CCCN(Cn2[nH]c(-c3ccc(Cl)cc3Cl)nc2=S)C1. The molecule has 6 nitrogen and oxygen atoms in total. The van der Waals surface area contributed by atoms with Crippen LogP contribution in [0.2, 0.25) is 10.0 Å². The van der Waals surface area contributed by atoms with E-state index < -0.39 is 0 Å². The van der Waals surface area contributed by atoms with Crippen molar-refractivity contribution in [3.05, 3.63) is 33.0 Å². The molecule has 0 bridgehead atoms. The fourth-order valence-electron chi connectivity index (χ4n) is 3.09. The molecule has 1 fully saturated rings. The van der Waals surface area contributed by atoms with E-state index in [9.17, 15) is 4.79 Å². The number of piperidine rings is 1. The minimum atomic E-state index is -0.126. The van der Waals surface area contributed by atoms with E-state index in [1.807, 2.05) is 6.92 Å². The van der Waals surface area contributed by atoms with Crippen LogP contribution in [0.5, 0.6) is 0 Å². The largest absolute Gasteiger partial charge is 0.466 e. The Morgan fingerprint density at radius 3 is 3.00 bits per heavy atom. The van der Waals surface area contributed by atoms with Gasteiger partial charge in [0, 0.05) is 17.1 Å². The highest BCUT2D eigenvalue weighted by molar-refractivity contribution is 7.71. The van der Waals surface area contributed by atoms with Crippen LogP contribution >= 0.6 is 35.4 Å². The fraction of sp³-hybridized carbons (Fsp3) is 0.471. The number of halogens is 2. The maximum atomic E-state index is 12.0. The number of hydrogen-bond acceptors (Lipinski definition) is 5. The number of carbonyl (C=O) groups excluding carboxylic acids is 1. The second-order valence-electron chi connectivity index (χ2n) is 6.22. The number of likely N-dealkylation sites (tertiary alicyclic amines) is 1. The predicted octanol–water partition coefficient (Wildman–Crippen LogP) is 4.15. The molecule has 1 aliphatic heterocycles. The molecule has 0 radical (unpaired) electrons. The normalized spacial score (nSPS) is 18.0. The molecule has 1 aliphatic rings. The van der Waals surface area contributed by atoms with Gasteiger partial charge >= 0.3 is 5.97 Å². The van der Waals surface area contributed by atoms with Crippen molar-refractivity contribution in [3.63, 3.8) is 0 Å². The summed E-state index contributed by atoms with van der Waals surface area (Å²) >= 11 is 17.6. The Morgan fingerprint density at radius 1 is 1.46 bits per heavy atom. The first kappa shape index (κ1) is 19.4. The lowest BCUT2D eigenvalue weighted by atomic mass is 9.99. The van der Waals surface area contributed by atoms with Gasteiger partial charge in [0.05, 0.1) is 24.2 Å². The van der Waals surface area contributed by atoms with Crippen molar-refractivity contribution in [3.8, 4) is 11.4 Å². The van der Waals surface area contributed by atoms with Gasteiger partial charge in [0.25, 0.3) is 0 Å². The highest BCUT2D eigenvalue weighted by atomic mass is 35.5. The van der Waals surface area contributed by atoms with Gasteiger partial charge in [0.2, 0.25) is 4.77 Å². The Kier molecular flexibility index (Phi) is 6.34. The number of ether oxygens (including phenoxy) is 1. The van der Waals surface area contributed by atoms with E-state index in [0.29, 0.717) is 40.5 Å². The number of nitrogens with zero attached hydrogens (tertiary/aromatic N) is 3. The first-order chi connectivity index (χ1) is 12.5. The number of esters is 1. The Labute approximate surface area is 167 Å². The third-order valence-electron chi connectivity index (χ3n) is 4.33. The lowest BCUT2D eigenvalue weighted by molar-refractivity contribution is -0.150. The van der Waals surface area contributed by atoms with Gasteiger partial charge in [-0.3, -0.25) is 14.8 Å². The van der Waals surface area contributed by atoms with E-state index in [4.69, 9.17) is 40.2 Å². The number of aromatic nitrogens is 3. The number of rotatable bonds is 5. The van der Waals surface area contributed by atoms with Crippen LogP contribution in [-0.2, 0) is 16.2 Å². The molecule has 0 unspecified atom stereocenters. The monoisotopic (exact) mass is 414 g/mol. The van der Waals surface area contributed by atoms with E-state index in [-0.39, 0.29) is 11.9 Å². The number of benzene rings is 1. The number of H-pyrrole nitrogens is 1. The van der Waals surface area contributed by atoms with Gasteiger partial charge in [-0.05, 0) is 56.7 Å². The second kappa shape index (κ2) is 8.52. The summed E-state index contributed by atoms with van der Waals surface area (Å²) in [5, 5.41) is 4.26. The topological polar surface area (TPSA) is 63.1 Å². The molecular formula is C17H20Cl2N4O2S. The van der Waals surface area contributed by atoms with Gasteiger partial charge < -0.3 is 4.74 Å². The summed E-state index contributed by atoms with van der Waals surface area (Å²) in [6.45, 7) is 4.31. The van der Waals surface area contributed by atoms with Crippen LogP contribution in [0.3, 0.4) is 0 Å². The maximum absolute atomic E-state index is 12.0. The highest BCUT2D eigenvalue weighted by Gasteiger charge is 2.27. The Bertz CT molecular complexity index is 852. The molecule has 140 valence electrons. The molecule has 1 N–H and O–H groups in total. The average molecular weight is 415 g/mol. The van der Waals surface area contributed by atoms with E-state index >= 15 is 0 Å². The van der Waals surface area contributed by atoms with Crippen LogP contribution < -0.4 is 0 Å². The van der Waals surface area contributed by atoms with E-state index in [1.165, 1.54) is 0 Å². The molecule has 1 atom stereocenters. The summed E-state index contributed by atoms with van der Waals surface area (Å²) in [6.07, 6.45) is 1.80. The maximum Gasteiger partial charge on any atom is 0.310 e. The quantitative estimate of drug-likeness (QED) is 0.587. The molecule has 0 amide bonds. The molecule has 2 aromatic rings. The molecule has 9 heteroatoms. The number of nitrogens with one attached hydrogen (secondary N) is 1. The van der Waals surface area contributed by atoms with Crippen LogP contribution in [-0.4, -0.2) is 45.3 Å². The standard InChI is InChI=1S/C17H20Cl2N4O2S/c1-2-25-16(24)11-4-3-7-22(9-11)10-23-17(26)20-15(21-23)13-6-5-12(18)8-14(13)19/h5-6,8,11H,2-4,7,9-10H2,1H3,(H,20,21,26)/t11-/m0/s1. The molecular weight excluding hydrogens is 395 g/mol. The zero-order chi connectivity index (χ0) is 18.7. The van der Waals surface area contributed by atoms with Crippen LogP contribution in [0.15, 0.2) is 18.2 Å². The third-order valence-corrected chi connectivity index (χ3v) is 5.19. The summed E-state index contributed by atoms with van der Waals surface area (Å²) in [5.41, 5.74) is 0.740. The number of aromatic amines is 1. The summed E-state index contributed by atoms with van der Waals surface area (Å²) < 4.78 is 7.37. The molecule has 1 aromatic heterocycles. The first-order valence-electron chi connectivity index (χ1n) is 8.49. The summed E-state index contributed by atoms with van der Waals surface area (Å²) in [6, 6.07) is 5.23. The lowest BCUT2D eigenvalue weighted by Gasteiger charge is -2.31. The van der Waals surface area contributed by atoms with Gasteiger partial charge in [-0.1, -0.05) is 23.2 Å². The van der Waals surface area contributed by atoms with Gasteiger partial charge in [-0.25, -0.2) is 4.68 Å². The first-order valence-corrected chi connectivity index (χ1v) is 9.65. The van der Waals surface area contributed by atoms with Crippen molar-refractivity contribution in [2.24, 2.45) is 5.92 Å². The van der Waals surface area contributed by atoms with Crippen LogP contribution in [0.4, 0.5) is 0 Å². The van der Waals surface area contributed by atoms with E-state index in [2.05, 4.69) is 15.0 Å². The second-order valence-corrected chi connectivity index (χ2v) is 7.43. The molecule has 3 rings (SSSR count). The number of hydrogen-bond donors (Lipinski definition) is 1. The molecule has 0 spiro atoms. The Morgan fingerprint density at radius 2 is 2.27 bits per heavy atom. The van der Waals surface area contributed by atoms with Crippen molar-refractivity contribution >= 4 is 41.4 Å². The van der Waals surface area contributed by atoms with Crippen LogP contribution in [0.25, 0.3) is 11.4 Å². The van der Waals surface area contributed by atoms with Gasteiger partial charge in [0.1, 0.15) is 0 Å². The molecule has 1 saturated heterocycles. The third kappa shape index (κ3) is 4.46. The summed E-state index contributed by atoms with van der Waals surface area (Å²) in [4.78, 5) is 18.6. The zero-order valence-electron chi connectivity index (χ0n) is 14.4. The molecule has 26 heavy (non-hydrogen) atoms. The van der Waals surface area contributed by atoms with Gasteiger partial charge in [-0.2, -0.15) is 4.98 Å². The van der Waals surface area contributed by atoms with Crippen molar-refractivity contribution in [1.82, 2.24) is 19.7 Å². The van der Waals surface area contributed by atoms with Crippen molar-refractivity contribution in [2.75, 3.05) is 19.7 Å². The molecule has 0 saturated carbocycles. The highest BCUT2D eigenvalue weighted by Crippen LogP contribution is 2.28. The van der Waals surface area contributed by atoms with Crippen LogP contribution in [0, 0.1) is 10.7 Å². The summed E-state index contributed by atoms with van der Waals surface area (Å²) in [5.74, 6) is 0.376. The summed E-state index contributed by atoms with van der Waals surface area (Å²) in [7, 11) is 0.